The fraction of sp³-hybridized carbons (Fsp3) is 0.471. The first-order valence-electron chi connectivity index (χ1n) is 7.14. The van der Waals surface area contributed by atoms with E-state index in [1.165, 1.54) is 0 Å². The topological polar surface area (TPSA) is 26.3 Å². The summed E-state index contributed by atoms with van der Waals surface area (Å²) in [6, 6.07) is 9.33. The summed E-state index contributed by atoms with van der Waals surface area (Å²) in [6.45, 7) is 11.9. The number of rotatable bonds is 6. The van der Waals surface area contributed by atoms with Crippen LogP contribution in [0.3, 0.4) is 0 Å². The Kier molecular flexibility index (Phi) is 5.90. The van der Waals surface area contributed by atoms with Crippen molar-refractivity contribution in [1.29, 1.82) is 0 Å². The van der Waals surface area contributed by atoms with E-state index in [9.17, 15) is 4.79 Å². The smallest absolute Gasteiger partial charge is 0.191 e. The molecule has 1 rings (SSSR count). The number of hydrogen-bond acceptors (Lipinski definition) is 2. The van der Waals surface area contributed by atoms with E-state index in [1.807, 2.05) is 36.4 Å². The van der Waals surface area contributed by atoms with Gasteiger partial charge in [0.15, 0.2) is 14.1 Å². The molecule has 0 saturated carbocycles. The van der Waals surface area contributed by atoms with Crippen LogP contribution in [0.25, 0.3) is 0 Å². The molecule has 0 aliphatic rings. The van der Waals surface area contributed by atoms with E-state index < -0.39 is 8.32 Å². The third-order valence-corrected chi connectivity index (χ3v) is 8.42. The fourth-order valence-corrected chi connectivity index (χ4v) is 2.55. The third-order valence-electron chi connectivity index (χ3n) is 3.88. The van der Waals surface area contributed by atoms with E-state index in [0.717, 1.165) is 12.0 Å². The minimum atomic E-state index is -1.66. The van der Waals surface area contributed by atoms with E-state index >= 15 is 0 Å². The highest BCUT2D eigenvalue weighted by molar-refractivity contribution is 6.74. The minimum absolute atomic E-state index is 0.0536. The summed E-state index contributed by atoms with van der Waals surface area (Å²) in [6.07, 6.45) is 4.33. The Morgan fingerprint density at radius 3 is 2.35 bits per heavy atom. The second-order valence-corrected chi connectivity index (χ2v) is 11.3. The molecule has 0 N–H and O–H groups in total. The average molecular weight is 290 g/mol. The van der Waals surface area contributed by atoms with Crippen molar-refractivity contribution in [2.45, 2.75) is 45.3 Å². The van der Waals surface area contributed by atoms with Crippen molar-refractivity contribution >= 4 is 14.1 Å². The Hall–Kier alpha value is -1.19. The molecule has 0 atom stereocenters. The first-order valence-corrected chi connectivity index (χ1v) is 10.0. The molecule has 110 valence electrons. The van der Waals surface area contributed by atoms with Crippen LogP contribution in [0.1, 0.15) is 37.6 Å². The van der Waals surface area contributed by atoms with Crippen LogP contribution in [0, 0.1) is 0 Å². The number of carbonyl (C=O) groups is 1. The van der Waals surface area contributed by atoms with Crippen LogP contribution in [0.4, 0.5) is 0 Å². The minimum Gasteiger partial charge on any atom is -0.417 e. The van der Waals surface area contributed by atoms with Gasteiger partial charge in [-0.1, -0.05) is 57.2 Å². The van der Waals surface area contributed by atoms with Crippen LogP contribution in [0.15, 0.2) is 42.5 Å². The maximum Gasteiger partial charge on any atom is 0.191 e. The summed E-state index contributed by atoms with van der Waals surface area (Å²) < 4.78 is 6.06. The molecule has 20 heavy (non-hydrogen) atoms. The van der Waals surface area contributed by atoms with Gasteiger partial charge >= 0.3 is 0 Å². The van der Waals surface area contributed by atoms with Crippen molar-refractivity contribution in [3.63, 3.8) is 0 Å². The highest BCUT2D eigenvalue weighted by Crippen LogP contribution is 2.36. The maximum absolute atomic E-state index is 11.8. The summed E-state index contributed by atoms with van der Waals surface area (Å²) in [7, 11) is -1.66. The number of benzene rings is 1. The molecule has 2 nitrogen and oxygen atoms in total. The largest absolute Gasteiger partial charge is 0.417 e. The van der Waals surface area contributed by atoms with Crippen LogP contribution in [0.5, 0.6) is 0 Å². The van der Waals surface area contributed by atoms with Gasteiger partial charge in [0.2, 0.25) is 0 Å². The summed E-state index contributed by atoms with van der Waals surface area (Å²) in [5.41, 5.74) is 0.731. The van der Waals surface area contributed by atoms with Crippen LogP contribution >= 0.6 is 0 Å². The first-order chi connectivity index (χ1) is 9.24. The van der Waals surface area contributed by atoms with Crippen LogP contribution in [-0.2, 0) is 4.43 Å². The maximum atomic E-state index is 11.8. The molecule has 0 heterocycles. The van der Waals surface area contributed by atoms with E-state index in [4.69, 9.17) is 4.43 Å². The molecule has 1 aromatic rings. The average Bonchev–Trinajstić information content (AvgIpc) is 2.37. The van der Waals surface area contributed by atoms with Crippen molar-refractivity contribution in [3.8, 4) is 0 Å². The molecule has 0 aliphatic heterocycles. The normalized spacial score (nSPS) is 12.8. The second kappa shape index (κ2) is 7.00. The molecular formula is C17H26O2Si. The highest BCUT2D eigenvalue weighted by Gasteiger charge is 2.36. The van der Waals surface area contributed by atoms with Crippen LogP contribution in [0.2, 0.25) is 18.1 Å². The molecule has 0 aromatic heterocycles. The molecule has 0 amide bonds. The SMILES string of the molecule is CC(C)(C)[Si](C)(C)OCCC=CC(=O)c1ccccc1. The van der Waals surface area contributed by atoms with E-state index in [0.29, 0.717) is 6.61 Å². The van der Waals surface area contributed by atoms with Crippen molar-refractivity contribution in [1.82, 2.24) is 0 Å². The van der Waals surface area contributed by atoms with Gasteiger partial charge in [-0.15, -0.1) is 0 Å². The lowest BCUT2D eigenvalue weighted by Crippen LogP contribution is -2.40. The van der Waals surface area contributed by atoms with Crippen LogP contribution < -0.4 is 0 Å². The quantitative estimate of drug-likeness (QED) is 0.324. The van der Waals surface area contributed by atoms with Gasteiger partial charge in [0.25, 0.3) is 0 Å². The fourth-order valence-electron chi connectivity index (χ4n) is 1.49. The number of carbonyl (C=O) groups excluding carboxylic acids is 1. The van der Waals surface area contributed by atoms with Gasteiger partial charge in [-0.25, -0.2) is 0 Å². The molecule has 3 heteroatoms. The van der Waals surface area contributed by atoms with Crippen LogP contribution in [-0.4, -0.2) is 20.7 Å². The first kappa shape index (κ1) is 16.9. The summed E-state index contributed by atoms with van der Waals surface area (Å²) in [5, 5.41) is 0.233. The predicted octanol–water partition coefficient (Wildman–Crippen LogP) is 4.84. The Bertz CT molecular complexity index is 456. The lowest BCUT2D eigenvalue weighted by atomic mass is 10.1. The monoisotopic (exact) mass is 290 g/mol. The van der Waals surface area contributed by atoms with Crippen molar-refractivity contribution < 1.29 is 9.22 Å². The molecule has 0 unspecified atom stereocenters. The standard InChI is InChI=1S/C17H26O2Si/c1-17(2,3)20(4,5)19-14-10-9-13-16(18)15-11-7-6-8-12-15/h6-9,11-13H,10,14H2,1-5H3. The molecule has 1 aromatic carbocycles. The van der Waals surface area contributed by atoms with Gasteiger partial charge in [-0.05, 0) is 30.6 Å². The summed E-state index contributed by atoms with van der Waals surface area (Å²) in [5.74, 6) is 0.0536. The molecule has 0 fully saturated rings. The lowest BCUT2D eigenvalue weighted by molar-refractivity contribution is 0.104. The van der Waals surface area contributed by atoms with Crippen molar-refractivity contribution in [3.05, 3.63) is 48.0 Å². The van der Waals surface area contributed by atoms with Gasteiger partial charge in [-0.2, -0.15) is 0 Å². The van der Waals surface area contributed by atoms with Crippen molar-refractivity contribution in [2.24, 2.45) is 0 Å². The molecule has 0 saturated heterocycles. The Morgan fingerprint density at radius 2 is 1.80 bits per heavy atom. The second-order valence-electron chi connectivity index (χ2n) is 6.53. The number of allylic oxidation sites excluding steroid dienone is 1. The van der Waals surface area contributed by atoms with E-state index in [-0.39, 0.29) is 10.8 Å². The van der Waals surface area contributed by atoms with Gasteiger partial charge in [-0.3, -0.25) is 4.79 Å². The third kappa shape index (κ3) is 5.06. The Labute approximate surface area is 124 Å². The van der Waals surface area contributed by atoms with Gasteiger partial charge in [0.1, 0.15) is 0 Å². The molecular weight excluding hydrogens is 264 g/mol. The highest BCUT2D eigenvalue weighted by atomic mass is 28.4. The zero-order valence-electron chi connectivity index (χ0n) is 13.3. The Balaban J connectivity index is 2.38. The molecule has 0 aliphatic carbocycles. The molecule has 0 spiro atoms. The number of ketones is 1. The zero-order chi connectivity index (χ0) is 15.2. The molecule has 0 bridgehead atoms. The Morgan fingerprint density at radius 1 is 1.20 bits per heavy atom. The number of hydrogen-bond donors (Lipinski definition) is 0. The van der Waals surface area contributed by atoms with Gasteiger partial charge < -0.3 is 4.43 Å². The van der Waals surface area contributed by atoms with E-state index in [2.05, 4.69) is 33.9 Å². The van der Waals surface area contributed by atoms with E-state index in [1.54, 1.807) is 6.08 Å². The lowest BCUT2D eigenvalue weighted by Gasteiger charge is -2.36. The van der Waals surface area contributed by atoms with Gasteiger partial charge in [0, 0.05) is 12.2 Å². The van der Waals surface area contributed by atoms with Gasteiger partial charge in [0.05, 0.1) is 0 Å². The predicted molar refractivity (Wildman–Crippen MR) is 87.7 cm³/mol. The zero-order valence-corrected chi connectivity index (χ0v) is 14.3. The molecule has 0 radical (unpaired) electrons. The summed E-state index contributed by atoms with van der Waals surface area (Å²) >= 11 is 0. The van der Waals surface area contributed by atoms with Crippen molar-refractivity contribution in [2.75, 3.05) is 6.61 Å². The summed E-state index contributed by atoms with van der Waals surface area (Å²) in [4.78, 5) is 11.8.